The summed E-state index contributed by atoms with van der Waals surface area (Å²) in [6.45, 7) is 11.7. The molecule has 0 aromatic heterocycles. The first-order valence-electron chi connectivity index (χ1n) is 13.4. The van der Waals surface area contributed by atoms with Gasteiger partial charge in [-0.15, -0.1) is 0 Å². The van der Waals surface area contributed by atoms with Crippen LogP contribution in [0.4, 0.5) is 0 Å². The van der Waals surface area contributed by atoms with Gasteiger partial charge in [0, 0.05) is 31.1 Å². The highest BCUT2D eigenvalue weighted by atomic mass is 16.5. The van der Waals surface area contributed by atoms with Crippen LogP contribution in [0.25, 0.3) is 0 Å². The lowest BCUT2D eigenvalue weighted by atomic mass is 9.42. The Morgan fingerprint density at radius 3 is 2.44 bits per heavy atom. The topological polar surface area (TPSA) is 60.4 Å². The molecule has 4 aliphatic carbocycles. The maximum Gasteiger partial charge on any atom is 0.305 e. The summed E-state index contributed by atoms with van der Waals surface area (Å²) in [5.41, 5.74) is 0.332. The first-order chi connectivity index (χ1) is 15.2. The fraction of sp³-hybridized carbons (Fsp3) is 0.893. The fourth-order valence-corrected chi connectivity index (χ4v) is 9.20. The SMILES string of the molecule is CCOC(=O)CC[C@@H](C)[C@H]1CC[C@H]2[C@@H]3C(=O)[C@@H](CC)[C@@H]4CC(=O)CC[C@]4(C)[C@H]3CC[C@]12C. The van der Waals surface area contributed by atoms with Crippen LogP contribution in [0.15, 0.2) is 0 Å². The average molecular weight is 445 g/mol. The van der Waals surface area contributed by atoms with Crippen molar-refractivity contribution in [2.75, 3.05) is 6.61 Å². The molecule has 9 atom stereocenters. The van der Waals surface area contributed by atoms with E-state index < -0.39 is 0 Å². The number of Topliss-reactive ketones (excluding diaryl/α,β-unsaturated/α-hetero) is 2. The Kier molecular flexibility index (Phi) is 6.64. The summed E-state index contributed by atoms with van der Waals surface area (Å²) in [6.07, 6.45) is 9.20. The van der Waals surface area contributed by atoms with Gasteiger partial charge in [-0.2, -0.15) is 0 Å². The zero-order chi connectivity index (χ0) is 23.3. The molecule has 4 fully saturated rings. The number of carbonyl (C=O) groups excluding carboxylic acids is 3. The molecule has 0 bridgehead atoms. The Morgan fingerprint density at radius 1 is 1.03 bits per heavy atom. The third-order valence-corrected chi connectivity index (χ3v) is 10.8. The third-order valence-electron chi connectivity index (χ3n) is 10.8. The van der Waals surface area contributed by atoms with E-state index in [0.717, 1.165) is 32.1 Å². The lowest BCUT2D eigenvalue weighted by molar-refractivity contribution is -0.169. The van der Waals surface area contributed by atoms with Gasteiger partial charge in [-0.3, -0.25) is 14.4 Å². The second-order valence-electron chi connectivity index (χ2n) is 12.1. The molecular weight excluding hydrogens is 400 g/mol. The van der Waals surface area contributed by atoms with Crippen molar-refractivity contribution in [2.24, 2.45) is 52.3 Å². The van der Waals surface area contributed by atoms with E-state index in [0.29, 0.717) is 61.1 Å². The van der Waals surface area contributed by atoms with Crippen LogP contribution in [0.2, 0.25) is 0 Å². The van der Waals surface area contributed by atoms with Gasteiger partial charge in [0.1, 0.15) is 11.6 Å². The van der Waals surface area contributed by atoms with E-state index in [1.54, 1.807) is 0 Å². The summed E-state index contributed by atoms with van der Waals surface area (Å²) in [7, 11) is 0. The van der Waals surface area contributed by atoms with E-state index in [-0.39, 0.29) is 34.6 Å². The molecule has 0 heterocycles. The lowest BCUT2D eigenvalue weighted by Crippen LogP contribution is -2.60. The molecule has 0 N–H and O–H groups in total. The number of carbonyl (C=O) groups is 3. The second kappa shape index (κ2) is 8.87. The molecule has 0 aromatic rings. The highest BCUT2D eigenvalue weighted by Gasteiger charge is 2.65. The van der Waals surface area contributed by atoms with Crippen LogP contribution in [0, 0.1) is 52.3 Å². The maximum absolute atomic E-state index is 14.0. The highest BCUT2D eigenvalue weighted by Crippen LogP contribution is 2.68. The second-order valence-corrected chi connectivity index (χ2v) is 12.1. The molecular formula is C28H44O4. The average Bonchev–Trinajstić information content (AvgIpc) is 3.11. The summed E-state index contributed by atoms with van der Waals surface area (Å²) in [5.74, 6) is 3.24. The lowest BCUT2D eigenvalue weighted by Gasteiger charge is -2.61. The van der Waals surface area contributed by atoms with Crippen molar-refractivity contribution in [3.63, 3.8) is 0 Å². The molecule has 0 spiro atoms. The number of fused-ring (bicyclic) bond motifs is 5. The van der Waals surface area contributed by atoms with Gasteiger partial charge in [-0.05, 0) is 92.3 Å². The number of esters is 1. The number of ether oxygens (including phenoxy) is 1. The van der Waals surface area contributed by atoms with Crippen molar-refractivity contribution in [3.8, 4) is 0 Å². The molecule has 180 valence electrons. The first kappa shape index (κ1) is 24.0. The molecule has 4 rings (SSSR count). The van der Waals surface area contributed by atoms with Gasteiger partial charge < -0.3 is 4.74 Å². The van der Waals surface area contributed by atoms with Crippen LogP contribution in [-0.4, -0.2) is 24.1 Å². The maximum atomic E-state index is 14.0. The Bertz CT molecular complexity index is 759. The molecule has 0 aromatic carbocycles. The van der Waals surface area contributed by atoms with Crippen LogP contribution in [-0.2, 0) is 19.1 Å². The Balaban J connectivity index is 1.57. The zero-order valence-electron chi connectivity index (χ0n) is 21.0. The molecule has 0 radical (unpaired) electrons. The molecule has 0 amide bonds. The van der Waals surface area contributed by atoms with Crippen molar-refractivity contribution in [3.05, 3.63) is 0 Å². The molecule has 32 heavy (non-hydrogen) atoms. The van der Waals surface area contributed by atoms with Gasteiger partial charge in [-0.25, -0.2) is 0 Å². The van der Waals surface area contributed by atoms with Crippen molar-refractivity contribution in [1.82, 2.24) is 0 Å². The van der Waals surface area contributed by atoms with Crippen molar-refractivity contribution in [1.29, 1.82) is 0 Å². The standard InChI is InChI=1S/C28H44O4/c1-6-19-23-16-18(29)12-14-28(23,5)22-13-15-27(4)20(9-10-21(27)25(22)26(19)31)17(3)8-11-24(30)32-7-2/h17,19-23,25H,6-16H2,1-5H3/t17-,19+,20-,21+,22+,23+,25+,27-,28-/m1/s1. The summed E-state index contributed by atoms with van der Waals surface area (Å²) >= 11 is 0. The fourth-order valence-electron chi connectivity index (χ4n) is 9.20. The Morgan fingerprint density at radius 2 is 1.75 bits per heavy atom. The van der Waals surface area contributed by atoms with E-state index in [1.807, 2.05) is 6.92 Å². The van der Waals surface area contributed by atoms with E-state index in [2.05, 4.69) is 27.7 Å². The minimum absolute atomic E-state index is 0.0631. The predicted molar refractivity (Wildman–Crippen MR) is 125 cm³/mol. The van der Waals surface area contributed by atoms with E-state index >= 15 is 0 Å². The Labute approximate surface area is 194 Å². The number of hydrogen-bond acceptors (Lipinski definition) is 4. The third kappa shape index (κ3) is 3.68. The van der Waals surface area contributed by atoms with Crippen LogP contribution in [0.3, 0.4) is 0 Å². The largest absolute Gasteiger partial charge is 0.466 e. The molecule has 0 unspecified atom stereocenters. The van der Waals surface area contributed by atoms with Crippen LogP contribution < -0.4 is 0 Å². The molecule has 4 aliphatic rings. The van der Waals surface area contributed by atoms with Gasteiger partial charge in [0.05, 0.1) is 6.61 Å². The predicted octanol–water partition coefficient (Wildman–Crippen LogP) is 6.01. The number of ketones is 2. The van der Waals surface area contributed by atoms with Gasteiger partial charge in [0.2, 0.25) is 0 Å². The summed E-state index contributed by atoms with van der Waals surface area (Å²) in [4.78, 5) is 38.2. The highest BCUT2D eigenvalue weighted by molar-refractivity contribution is 5.88. The van der Waals surface area contributed by atoms with Crippen molar-refractivity contribution < 1.29 is 19.1 Å². The van der Waals surface area contributed by atoms with Crippen LogP contribution in [0.1, 0.15) is 98.8 Å². The van der Waals surface area contributed by atoms with E-state index in [9.17, 15) is 14.4 Å². The molecule has 0 aliphatic heterocycles. The van der Waals surface area contributed by atoms with Gasteiger partial charge in [0.25, 0.3) is 0 Å². The summed E-state index contributed by atoms with van der Waals surface area (Å²) < 4.78 is 5.16. The Hall–Kier alpha value is -1.19. The molecule has 4 nitrogen and oxygen atoms in total. The number of rotatable bonds is 6. The van der Waals surface area contributed by atoms with Gasteiger partial charge in [-0.1, -0.05) is 27.7 Å². The summed E-state index contributed by atoms with van der Waals surface area (Å²) in [5, 5.41) is 0. The van der Waals surface area contributed by atoms with Crippen LogP contribution >= 0.6 is 0 Å². The van der Waals surface area contributed by atoms with Crippen molar-refractivity contribution >= 4 is 17.5 Å². The minimum Gasteiger partial charge on any atom is -0.466 e. The van der Waals surface area contributed by atoms with E-state index in [4.69, 9.17) is 4.74 Å². The molecule has 0 saturated heterocycles. The zero-order valence-corrected chi connectivity index (χ0v) is 21.0. The van der Waals surface area contributed by atoms with Gasteiger partial charge >= 0.3 is 5.97 Å². The quantitative estimate of drug-likeness (QED) is 0.471. The van der Waals surface area contributed by atoms with E-state index in [1.165, 1.54) is 12.8 Å². The summed E-state index contributed by atoms with van der Waals surface area (Å²) in [6, 6.07) is 0. The smallest absolute Gasteiger partial charge is 0.305 e. The van der Waals surface area contributed by atoms with Crippen molar-refractivity contribution in [2.45, 2.75) is 98.8 Å². The number of hydrogen-bond donors (Lipinski definition) is 0. The molecule has 4 heteroatoms. The normalized spacial score (nSPS) is 44.4. The monoisotopic (exact) mass is 444 g/mol. The van der Waals surface area contributed by atoms with Crippen LogP contribution in [0.5, 0.6) is 0 Å². The molecule has 4 saturated carbocycles. The first-order valence-corrected chi connectivity index (χ1v) is 13.4. The minimum atomic E-state index is -0.0817. The van der Waals surface area contributed by atoms with Gasteiger partial charge in [0.15, 0.2) is 0 Å².